The molecule has 0 spiro atoms. The van der Waals surface area contributed by atoms with Crippen LogP contribution in [0.4, 0.5) is 0 Å². The topological polar surface area (TPSA) is 101 Å². The molecule has 0 aromatic rings. The van der Waals surface area contributed by atoms with Crippen molar-refractivity contribution in [2.75, 3.05) is 13.0 Å². The molecule has 68 valence electrons. The molecule has 0 aliphatic rings. The van der Waals surface area contributed by atoms with Crippen LogP contribution < -0.4 is 0 Å². The van der Waals surface area contributed by atoms with E-state index in [4.69, 9.17) is 10.2 Å². The van der Waals surface area contributed by atoms with E-state index in [-0.39, 0.29) is 12.6 Å². The van der Waals surface area contributed by atoms with Crippen LogP contribution in [0.3, 0.4) is 0 Å². The maximum atomic E-state index is 10.6. The lowest BCUT2D eigenvalue weighted by atomic mass is 10.3. The Kier molecular flexibility index (Phi) is 5.36. The molecule has 2 N–H and O–H groups in total. The highest BCUT2D eigenvalue weighted by Crippen LogP contribution is 2.21. The van der Waals surface area contributed by atoms with Crippen molar-refractivity contribution in [2.24, 2.45) is 0 Å². The van der Waals surface area contributed by atoms with E-state index in [2.05, 4.69) is 4.52 Å². The molecule has 0 aromatic carbocycles. The minimum absolute atomic E-state index is 0.180. The van der Waals surface area contributed by atoms with Gasteiger partial charge in [-0.05, 0) is 4.57 Å². The third-order valence-corrected chi connectivity index (χ3v) is 1.95. The molecule has 0 bridgehead atoms. The van der Waals surface area contributed by atoms with Crippen LogP contribution in [-0.4, -0.2) is 34.9 Å². The Bertz CT molecular complexity index is 200. The van der Waals surface area contributed by atoms with Gasteiger partial charge >= 0.3 is 14.0 Å². The zero-order chi connectivity index (χ0) is 9.56. The number of carboxylic acids is 1. The molecule has 0 fully saturated rings. The third kappa shape index (κ3) is 4.90. The highest BCUT2D eigenvalue weighted by atomic mass is 31.1. The van der Waals surface area contributed by atoms with E-state index in [1.807, 2.05) is 0 Å². The Labute approximate surface area is 69.0 Å². The molecule has 12 heavy (non-hydrogen) atoms. The first-order chi connectivity index (χ1) is 5.57. The second-order valence-corrected chi connectivity index (χ2v) is 3.16. The van der Waals surface area contributed by atoms with E-state index in [0.717, 1.165) is 0 Å². The first kappa shape index (κ1) is 11.2. The van der Waals surface area contributed by atoms with Crippen molar-refractivity contribution in [1.82, 2.24) is 0 Å². The fourth-order valence-corrected chi connectivity index (χ4v) is 1.07. The SMILES string of the molecule is O=C(O)C(=O)CC[P+](=O)OCO. The quantitative estimate of drug-likeness (QED) is 0.344. The second-order valence-electron chi connectivity index (χ2n) is 1.79. The van der Waals surface area contributed by atoms with Gasteiger partial charge in [-0.25, -0.2) is 4.79 Å². The number of rotatable bonds is 6. The molecular weight excluding hydrogens is 187 g/mol. The van der Waals surface area contributed by atoms with Crippen LogP contribution >= 0.6 is 8.03 Å². The van der Waals surface area contributed by atoms with Crippen LogP contribution in [0.5, 0.6) is 0 Å². The summed E-state index contributed by atoms with van der Waals surface area (Å²) in [5.74, 6) is -2.57. The van der Waals surface area contributed by atoms with Gasteiger partial charge in [-0.3, -0.25) is 4.79 Å². The van der Waals surface area contributed by atoms with Crippen molar-refractivity contribution in [3.05, 3.63) is 0 Å². The lowest BCUT2D eigenvalue weighted by Crippen LogP contribution is -2.12. The highest BCUT2D eigenvalue weighted by Gasteiger charge is 2.21. The molecule has 0 saturated carbocycles. The summed E-state index contributed by atoms with van der Waals surface area (Å²) in [6.45, 7) is -0.698. The minimum Gasteiger partial charge on any atom is -0.475 e. The van der Waals surface area contributed by atoms with Crippen LogP contribution in [-0.2, 0) is 18.7 Å². The van der Waals surface area contributed by atoms with Gasteiger partial charge in [0.25, 0.3) is 0 Å². The van der Waals surface area contributed by atoms with E-state index in [1.165, 1.54) is 0 Å². The number of ketones is 1. The molecule has 0 heterocycles. The average molecular weight is 195 g/mol. The molecule has 0 aliphatic carbocycles. The van der Waals surface area contributed by atoms with Crippen molar-refractivity contribution in [3.63, 3.8) is 0 Å². The predicted octanol–water partition coefficient (Wildman–Crippen LogP) is -0.261. The summed E-state index contributed by atoms with van der Waals surface area (Å²) >= 11 is 0. The largest absolute Gasteiger partial charge is 0.510 e. The number of carboxylic acid groups (broad SMARTS) is 1. The lowest BCUT2D eigenvalue weighted by Gasteiger charge is -1.86. The van der Waals surface area contributed by atoms with Crippen molar-refractivity contribution in [2.45, 2.75) is 6.42 Å². The maximum Gasteiger partial charge on any atom is 0.510 e. The van der Waals surface area contributed by atoms with Crippen molar-refractivity contribution in [3.8, 4) is 0 Å². The van der Waals surface area contributed by atoms with E-state index >= 15 is 0 Å². The van der Waals surface area contributed by atoms with Crippen molar-refractivity contribution < 1.29 is 28.9 Å². The van der Waals surface area contributed by atoms with Gasteiger partial charge in [-0.15, -0.1) is 4.52 Å². The first-order valence-electron chi connectivity index (χ1n) is 3.02. The smallest absolute Gasteiger partial charge is 0.475 e. The number of carbonyl (C=O) groups is 2. The summed E-state index contributed by atoms with van der Waals surface area (Å²) in [6.07, 6.45) is -0.522. The van der Waals surface area contributed by atoms with Gasteiger partial charge in [0.05, 0.1) is 6.42 Å². The van der Waals surface area contributed by atoms with Gasteiger partial charge in [0, 0.05) is 0 Å². The third-order valence-electron chi connectivity index (χ3n) is 0.962. The predicted molar refractivity (Wildman–Crippen MR) is 37.9 cm³/mol. The minimum atomic E-state index is -2.12. The standard InChI is InChI=1S/C5H7O6P/c6-3-11-12(10)2-1-4(7)5(8)9/h6H,1-3H2/p+1. The van der Waals surface area contributed by atoms with Crippen LogP contribution in [0.15, 0.2) is 0 Å². The molecule has 1 atom stereocenters. The van der Waals surface area contributed by atoms with Crippen LogP contribution in [0, 0.1) is 0 Å². The molecule has 0 aromatic heterocycles. The molecular formula is C5H8O6P+. The Morgan fingerprint density at radius 3 is 2.42 bits per heavy atom. The Morgan fingerprint density at radius 1 is 1.42 bits per heavy atom. The Hall–Kier alpha value is -0.840. The summed E-state index contributed by atoms with van der Waals surface area (Å²) < 4.78 is 14.8. The van der Waals surface area contributed by atoms with Gasteiger partial charge < -0.3 is 10.2 Å². The molecule has 1 unspecified atom stereocenters. The normalized spacial score (nSPS) is 10.9. The summed E-state index contributed by atoms with van der Waals surface area (Å²) in [7, 11) is -2.12. The van der Waals surface area contributed by atoms with Crippen molar-refractivity contribution in [1.29, 1.82) is 0 Å². The number of hydrogen-bond donors (Lipinski definition) is 2. The van der Waals surface area contributed by atoms with E-state index in [9.17, 15) is 14.2 Å². The van der Waals surface area contributed by atoms with Crippen LogP contribution in [0.1, 0.15) is 6.42 Å². The van der Waals surface area contributed by atoms with Crippen LogP contribution in [0.25, 0.3) is 0 Å². The number of aliphatic hydroxyl groups excluding tert-OH is 1. The number of aliphatic hydroxyl groups is 1. The molecule has 6 nitrogen and oxygen atoms in total. The Morgan fingerprint density at radius 2 is 2.00 bits per heavy atom. The second kappa shape index (κ2) is 5.77. The van der Waals surface area contributed by atoms with Gasteiger partial charge in [-0.2, -0.15) is 0 Å². The van der Waals surface area contributed by atoms with E-state index < -0.39 is 26.6 Å². The zero-order valence-corrected chi connectivity index (χ0v) is 6.99. The molecule has 7 heteroatoms. The molecule has 0 radical (unpaired) electrons. The number of hydrogen-bond acceptors (Lipinski definition) is 5. The molecule has 0 rings (SSSR count). The monoisotopic (exact) mass is 195 g/mol. The zero-order valence-electron chi connectivity index (χ0n) is 6.10. The summed E-state index contributed by atoms with van der Waals surface area (Å²) in [5, 5.41) is 16.2. The molecule has 0 saturated heterocycles. The maximum absolute atomic E-state index is 10.6. The van der Waals surface area contributed by atoms with Gasteiger partial charge in [0.2, 0.25) is 5.78 Å². The Balaban J connectivity index is 3.61. The summed E-state index contributed by atoms with van der Waals surface area (Å²) in [4.78, 5) is 20.3. The highest BCUT2D eigenvalue weighted by molar-refractivity contribution is 7.39. The van der Waals surface area contributed by atoms with Gasteiger partial charge in [0.1, 0.15) is 0 Å². The van der Waals surface area contributed by atoms with E-state index in [1.54, 1.807) is 0 Å². The van der Waals surface area contributed by atoms with Gasteiger partial charge in [-0.1, -0.05) is 0 Å². The van der Waals surface area contributed by atoms with E-state index in [0.29, 0.717) is 0 Å². The number of aliphatic carboxylic acids is 1. The first-order valence-corrected chi connectivity index (χ1v) is 4.38. The fourth-order valence-electron chi connectivity index (χ4n) is 0.429. The van der Waals surface area contributed by atoms with Crippen LogP contribution in [0.2, 0.25) is 0 Å². The number of Topliss-reactive ketones (excluding diaryl/α,β-unsaturated/α-hetero) is 1. The average Bonchev–Trinajstić information content (AvgIpc) is 2.00. The number of carbonyl (C=O) groups excluding carboxylic acids is 1. The fraction of sp³-hybridized carbons (Fsp3) is 0.600. The van der Waals surface area contributed by atoms with Gasteiger partial charge in [0.15, 0.2) is 13.0 Å². The summed E-state index contributed by atoms with van der Waals surface area (Å²) in [6, 6.07) is 0. The lowest BCUT2D eigenvalue weighted by molar-refractivity contribution is -0.148. The molecule has 0 aliphatic heterocycles. The van der Waals surface area contributed by atoms with Crippen molar-refractivity contribution >= 4 is 19.8 Å². The molecule has 0 amide bonds. The summed E-state index contributed by atoms with van der Waals surface area (Å²) in [5.41, 5.74) is 0.